The smallest absolute Gasteiger partial charge is 0.303 e. The lowest BCUT2D eigenvalue weighted by molar-refractivity contribution is -0.384. The molecule has 0 aromatic heterocycles. The second-order valence-electron chi connectivity index (χ2n) is 6.27. The first-order valence-electron chi connectivity index (χ1n) is 8.60. The molecule has 11 heteroatoms. The maximum Gasteiger partial charge on any atom is 0.303 e. The van der Waals surface area contributed by atoms with E-state index in [1.807, 2.05) is 0 Å². The predicted octanol–water partition coefficient (Wildman–Crippen LogP) is 3.59. The molecule has 0 radical (unpaired) electrons. The van der Waals surface area contributed by atoms with Crippen LogP contribution in [0.3, 0.4) is 0 Å². The van der Waals surface area contributed by atoms with Gasteiger partial charge in [-0.25, -0.2) is 0 Å². The number of non-ortho nitro benzene ring substituents is 1. The molecule has 0 aliphatic rings. The maximum absolute atomic E-state index is 12.4. The van der Waals surface area contributed by atoms with E-state index < -0.39 is 18.4 Å². The van der Waals surface area contributed by atoms with Gasteiger partial charge in [-0.2, -0.15) is 0 Å². The molecule has 0 aliphatic heterocycles. The van der Waals surface area contributed by atoms with E-state index in [1.165, 1.54) is 24.3 Å². The van der Waals surface area contributed by atoms with Gasteiger partial charge in [-0.05, 0) is 36.2 Å². The molecule has 4 N–H and O–H groups in total. The van der Waals surface area contributed by atoms with E-state index in [4.69, 9.17) is 5.11 Å². The number of nitrogens with one attached hydrogen (secondary N) is 2. The van der Waals surface area contributed by atoms with Gasteiger partial charge in [0, 0.05) is 36.3 Å². The van der Waals surface area contributed by atoms with E-state index in [1.54, 1.807) is 24.3 Å². The fraction of sp³-hybridized carbons (Fsp3) is 0.222. The number of aliphatic carboxylic acids is 1. The molecule has 0 bridgehead atoms. The summed E-state index contributed by atoms with van der Waals surface area (Å²) >= 11 is 0. The van der Waals surface area contributed by atoms with Crippen molar-refractivity contribution in [1.82, 2.24) is 0 Å². The normalized spacial score (nSPS) is 12.6. The van der Waals surface area contributed by atoms with Crippen molar-refractivity contribution in [2.45, 2.75) is 25.4 Å². The molecule has 0 heterocycles. The molecule has 1 amide bonds. The molecule has 0 saturated heterocycles. The average Bonchev–Trinajstić information content (AvgIpc) is 2.63. The molecule has 2 rings (SSSR count). The summed E-state index contributed by atoms with van der Waals surface area (Å²) in [7, 11) is -3.80. The van der Waals surface area contributed by atoms with Gasteiger partial charge in [-0.1, -0.05) is 12.1 Å². The number of carbonyl (C=O) groups is 2. The summed E-state index contributed by atoms with van der Waals surface area (Å²) in [5.41, 5.74) is 1.20. The zero-order valence-electron chi connectivity index (χ0n) is 15.3. The zero-order chi connectivity index (χ0) is 21.4. The Bertz CT molecular complexity index is 929. The van der Waals surface area contributed by atoms with E-state index >= 15 is 0 Å². The standard InChI is InChI=1S/C18H20N3O7P/c22-17(2-1-3-18(23)24)19-14-6-4-13(5-7-14)12-29(27,28)20-15-8-10-16(11-9-15)21(25)26/h4-11H,1-3,12H2,(H,19,22)(H,23,24)(H2,20,27,28). The minimum atomic E-state index is -3.80. The van der Waals surface area contributed by atoms with Crippen molar-refractivity contribution in [3.05, 3.63) is 64.2 Å². The van der Waals surface area contributed by atoms with Crippen molar-refractivity contribution in [3.63, 3.8) is 0 Å². The molecule has 0 aliphatic carbocycles. The van der Waals surface area contributed by atoms with Gasteiger partial charge < -0.3 is 20.4 Å². The van der Waals surface area contributed by atoms with Crippen LogP contribution in [0, 0.1) is 10.1 Å². The summed E-state index contributed by atoms with van der Waals surface area (Å²) in [6, 6.07) is 11.5. The molecule has 29 heavy (non-hydrogen) atoms. The van der Waals surface area contributed by atoms with Crippen LogP contribution in [-0.4, -0.2) is 26.8 Å². The van der Waals surface area contributed by atoms with Crippen LogP contribution in [0.25, 0.3) is 0 Å². The molecule has 0 saturated carbocycles. The summed E-state index contributed by atoms with van der Waals surface area (Å²) in [5.74, 6) is -1.27. The molecule has 10 nitrogen and oxygen atoms in total. The van der Waals surface area contributed by atoms with E-state index in [0.717, 1.165) is 0 Å². The highest BCUT2D eigenvalue weighted by Gasteiger charge is 2.19. The number of carboxylic acid groups (broad SMARTS) is 1. The van der Waals surface area contributed by atoms with Crippen molar-refractivity contribution in [3.8, 4) is 0 Å². The summed E-state index contributed by atoms with van der Waals surface area (Å²) in [6.07, 6.45) is 0.0526. The summed E-state index contributed by atoms with van der Waals surface area (Å²) in [6.45, 7) is 0. The molecule has 1 unspecified atom stereocenters. The van der Waals surface area contributed by atoms with E-state index in [9.17, 15) is 29.2 Å². The lowest BCUT2D eigenvalue weighted by atomic mass is 10.2. The van der Waals surface area contributed by atoms with Gasteiger partial charge in [-0.3, -0.25) is 24.3 Å². The molecule has 2 aromatic rings. The number of hydrogen-bond acceptors (Lipinski definition) is 5. The molecular formula is C18H20N3O7P. The Balaban J connectivity index is 1.90. The third-order valence-electron chi connectivity index (χ3n) is 3.81. The number of nitro groups is 1. The Morgan fingerprint density at radius 3 is 2.14 bits per heavy atom. The number of amides is 1. The molecule has 0 fully saturated rings. The number of nitrogens with zero attached hydrogens (tertiary/aromatic N) is 1. The van der Waals surface area contributed by atoms with Crippen LogP contribution in [-0.2, 0) is 20.3 Å². The van der Waals surface area contributed by atoms with Crippen LogP contribution < -0.4 is 10.4 Å². The van der Waals surface area contributed by atoms with E-state index in [0.29, 0.717) is 11.3 Å². The van der Waals surface area contributed by atoms with Gasteiger partial charge in [0.15, 0.2) is 0 Å². The minimum Gasteiger partial charge on any atom is -0.481 e. The third-order valence-corrected chi connectivity index (χ3v) is 5.21. The second-order valence-corrected chi connectivity index (χ2v) is 8.21. The van der Waals surface area contributed by atoms with Crippen molar-refractivity contribution in [2.75, 3.05) is 10.4 Å². The van der Waals surface area contributed by atoms with Crippen molar-refractivity contribution in [2.24, 2.45) is 0 Å². The molecule has 1 atom stereocenters. The first-order valence-corrected chi connectivity index (χ1v) is 10.4. The SMILES string of the molecule is O=C(O)CCCC(=O)Nc1ccc(CP(=O)(O)Nc2ccc([N+](=O)[O-])cc2)cc1. The minimum absolute atomic E-state index is 0.0824. The molecule has 154 valence electrons. The topological polar surface area (TPSA) is 159 Å². The number of hydrogen-bond donors (Lipinski definition) is 4. The number of anilines is 2. The lowest BCUT2D eigenvalue weighted by Crippen LogP contribution is -2.11. The highest BCUT2D eigenvalue weighted by Crippen LogP contribution is 2.44. The van der Waals surface area contributed by atoms with Crippen LogP contribution >= 0.6 is 7.52 Å². The van der Waals surface area contributed by atoms with Gasteiger partial charge >= 0.3 is 5.97 Å². The van der Waals surface area contributed by atoms with Crippen molar-refractivity contribution < 1.29 is 29.1 Å². The van der Waals surface area contributed by atoms with Crippen LogP contribution in [0.4, 0.5) is 17.1 Å². The number of nitro benzene ring substituents is 1. The average molecular weight is 421 g/mol. The Labute approximate surface area is 166 Å². The van der Waals surface area contributed by atoms with E-state index in [2.05, 4.69) is 10.4 Å². The first-order chi connectivity index (χ1) is 13.6. The number of carboxylic acids is 1. The maximum atomic E-state index is 12.4. The van der Waals surface area contributed by atoms with E-state index in [-0.39, 0.29) is 42.7 Å². The van der Waals surface area contributed by atoms with Gasteiger partial charge in [0.2, 0.25) is 5.91 Å². The quantitative estimate of drug-likeness (QED) is 0.257. The zero-order valence-corrected chi connectivity index (χ0v) is 16.2. The Kier molecular flexibility index (Phi) is 7.46. The van der Waals surface area contributed by atoms with Crippen LogP contribution in [0.2, 0.25) is 0 Å². The lowest BCUT2D eigenvalue weighted by Gasteiger charge is -2.15. The fourth-order valence-corrected chi connectivity index (χ4v) is 3.80. The Hall–Kier alpha value is -3.23. The summed E-state index contributed by atoms with van der Waals surface area (Å²) in [4.78, 5) is 42.4. The van der Waals surface area contributed by atoms with Gasteiger partial charge in [0.05, 0.1) is 11.1 Å². The highest BCUT2D eigenvalue weighted by atomic mass is 31.2. The molecular weight excluding hydrogens is 401 g/mol. The molecule has 2 aromatic carbocycles. The first kappa shape index (κ1) is 22.1. The number of carbonyl (C=O) groups excluding carboxylic acids is 1. The highest BCUT2D eigenvalue weighted by molar-refractivity contribution is 7.58. The van der Waals surface area contributed by atoms with Gasteiger partial charge in [0.1, 0.15) is 0 Å². The van der Waals surface area contributed by atoms with Crippen LogP contribution in [0.1, 0.15) is 24.8 Å². The summed E-state index contributed by atoms with van der Waals surface area (Å²) < 4.78 is 12.4. The molecule has 0 spiro atoms. The number of rotatable bonds is 10. The predicted molar refractivity (Wildman–Crippen MR) is 107 cm³/mol. The van der Waals surface area contributed by atoms with Crippen molar-refractivity contribution >= 4 is 36.5 Å². The second kappa shape index (κ2) is 9.81. The number of benzene rings is 2. The Morgan fingerprint density at radius 1 is 1.00 bits per heavy atom. The summed E-state index contributed by atoms with van der Waals surface area (Å²) in [5, 5.41) is 24.3. The fourth-order valence-electron chi connectivity index (χ4n) is 2.46. The van der Waals surface area contributed by atoms with Crippen molar-refractivity contribution in [1.29, 1.82) is 0 Å². The largest absolute Gasteiger partial charge is 0.481 e. The third kappa shape index (κ3) is 7.73. The van der Waals surface area contributed by atoms with Gasteiger partial charge in [-0.15, -0.1) is 0 Å². The van der Waals surface area contributed by atoms with Gasteiger partial charge in [0.25, 0.3) is 13.2 Å². The van der Waals surface area contributed by atoms with Crippen LogP contribution in [0.5, 0.6) is 0 Å². The van der Waals surface area contributed by atoms with Crippen LogP contribution in [0.15, 0.2) is 48.5 Å². The monoisotopic (exact) mass is 421 g/mol. The Morgan fingerprint density at radius 2 is 1.59 bits per heavy atom.